The number of carbonyl (C=O) groups excluding carboxylic acids is 1. The highest BCUT2D eigenvalue weighted by Gasteiger charge is 2.23. The SMILES string of the molecule is NCCCNC(=O)c1cccc(F)c1-c1ccc2c(n1)NN(Cc1ccc3ncccc3c1)N2. The summed E-state index contributed by atoms with van der Waals surface area (Å²) in [4.78, 5) is 21.6. The first-order chi connectivity index (χ1) is 16.6. The average molecular weight is 458 g/mol. The molecule has 1 aliphatic heterocycles. The third-order valence-electron chi connectivity index (χ3n) is 5.58. The highest BCUT2D eigenvalue weighted by Crippen LogP contribution is 2.33. The van der Waals surface area contributed by atoms with Crippen LogP contribution < -0.4 is 21.9 Å². The number of aromatic nitrogens is 2. The average Bonchev–Trinajstić information content (AvgIpc) is 3.25. The minimum atomic E-state index is -0.508. The Morgan fingerprint density at radius 1 is 1.09 bits per heavy atom. The molecule has 2 aromatic heterocycles. The van der Waals surface area contributed by atoms with Crippen molar-refractivity contribution in [2.45, 2.75) is 13.0 Å². The molecule has 0 unspecified atom stereocenters. The minimum absolute atomic E-state index is 0.165. The molecular formula is C25H24FN7O. The quantitative estimate of drug-likeness (QED) is 0.314. The van der Waals surface area contributed by atoms with Crippen LogP contribution in [0.4, 0.5) is 15.9 Å². The summed E-state index contributed by atoms with van der Waals surface area (Å²) in [5.41, 5.74) is 15.5. The molecule has 0 aliphatic carbocycles. The number of halogens is 1. The number of rotatable bonds is 7. The molecule has 1 amide bonds. The van der Waals surface area contributed by atoms with Gasteiger partial charge in [-0.05, 0) is 61.0 Å². The molecule has 172 valence electrons. The number of fused-ring (bicyclic) bond motifs is 2. The van der Waals surface area contributed by atoms with Gasteiger partial charge in [-0.3, -0.25) is 20.6 Å². The lowest BCUT2D eigenvalue weighted by atomic mass is 10.0. The zero-order valence-electron chi connectivity index (χ0n) is 18.4. The standard InChI is InChI=1S/C25H24FN7O/c26-19-6-1-5-18(25(34)29-13-3-11-27)23(19)21-9-10-22-24(30-21)32-33(31-22)15-16-7-8-20-17(14-16)4-2-12-28-20/h1-2,4-10,12,14,31H,3,11,13,15,27H2,(H,29,34)(H,30,32). The molecule has 0 saturated heterocycles. The lowest BCUT2D eigenvalue weighted by Gasteiger charge is -2.16. The fourth-order valence-corrected chi connectivity index (χ4v) is 3.93. The van der Waals surface area contributed by atoms with E-state index in [1.54, 1.807) is 23.4 Å². The number of amides is 1. The van der Waals surface area contributed by atoms with Crippen LogP contribution in [-0.2, 0) is 6.54 Å². The summed E-state index contributed by atoms with van der Waals surface area (Å²) in [5, 5.41) is 5.65. The van der Waals surface area contributed by atoms with Crippen LogP contribution >= 0.6 is 0 Å². The number of hydrazine groups is 2. The summed E-state index contributed by atoms with van der Waals surface area (Å²) in [6, 6.07) is 18.0. The molecule has 1 aliphatic rings. The van der Waals surface area contributed by atoms with Crippen LogP contribution in [0.5, 0.6) is 0 Å². The van der Waals surface area contributed by atoms with E-state index >= 15 is 0 Å². The Balaban J connectivity index is 1.36. The van der Waals surface area contributed by atoms with Crippen molar-refractivity contribution in [2.24, 2.45) is 5.73 Å². The molecule has 0 bridgehead atoms. The molecule has 5 N–H and O–H groups in total. The summed E-state index contributed by atoms with van der Waals surface area (Å²) in [6.07, 6.45) is 2.42. The van der Waals surface area contributed by atoms with Gasteiger partial charge in [-0.2, -0.15) is 0 Å². The van der Waals surface area contributed by atoms with Crippen LogP contribution in [0.1, 0.15) is 22.3 Å². The fraction of sp³-hybridized carbons (Fsp3) is 0.160. The monoisotopic (exact) mass is 457 g/mol. The molecule has 3 heterocycles. The van der Waals surface area contributed by atoms with Crippen LogP contribution in [-0.4, -0.2) is 34.1 Å². The van der Waals surface area contributed by atoms with Gasteiger partial charge in [0.2, 0.25) is 0 Å². The van der Waals surface area contributed by atoms with E-state index in [1.165, 1.54) is 12.1 Å². The normalized spacial score (nSPS) is 12.8. The number of pyridine rings is 2. The maximum absolute atomic E-state index is 14.8. The van der Waals surface area contributed by atoms with E-state index in [1.807, 2.05) is 30.3 Å². The van der Waals surface area contributed by atoms with Gasteiger partial charge >= 0.3 is 0 Å². The van der Waals surface area contributed by atoms with E-state index in [2.05, 4.69) is 32.2 Å². The second-order valence-corrected chi connectivity index (χ2v) is 7.99. The molecule has 9 heteroatoms. The van der Waals surface area contributed by atoms with Gasteiger partial charge in [0.05, 0.1) is 29.0 Å². The summed E-state index contributed by atoms with van der Waals surface area (Å²) < 4.78 is 14.8. The Morgan fingerprint density at radius 3 is 2.88 bits per heavy atom. The number of nitrogens with two attached hydrogens (primary N) is 1. The van der Waals surface area contributed by atoms with E-state index in [-0.39, 0.29) is 17.0 Å². The van der Waals surface area contributed by atoms with Gasteiger partial charge in [-0.25, -0.2) is 9.37 Å². The molecule has 34 heavy (non-hydrogen) atoms. The highest BCUT2D eigenvalue weighted by atomic mass is 19.1. The highest BCUT2D eigenvalue weighted by molar-refractivity contribution is 6.00. The summed E-state index contributed by atoms with van der Waals surface area (Å²) >= 11 is 0. The number of carbonyl (C=O) groups is 1. The third kappa shape index (κ3) is 4.39. The van der Waals surface area contributed by atoms with Crippen molar-refractivity contribution in [3.63, 3.8) is 0 Å². The number of nitrogens with zero attached hydrogens (tertiary/aromatic N) is 3. The van der Waals surface area contributed by atoms with Crippen molar-refractivity contribution in [1.82, 2.24) is 20.4 Å². The predicted molar refractivity (Wildman–Crippen MR) is 130 cm³/mol. The molecule has 4 aromatic rings. The number of hydrogen-bond acceptors (Lipinski definition) is 7. The zero-order chi connectivity index (χ0) is 23.5. The topological polar surface area (TPSA) is 108 Å². The maximum atomic E-state index is 14.8. The Kier molecular flexibility index (Phi) is 6.03. The second-order valence-electron chi connectivity index (χ2n) is 7.99. The molecule has 0 spiro atoms. The first kappa shape index (κ1) is 21.7. The van der Waals surface area contributed by atoms with Crippen molar-refractivity contribution in [3.8, 4) is 11.3 Å². The van der Waals surface area contributed by atoms with E-state index in [0.717, 1.165) is 22.2 Å². The Hall–Kier alpha value is -4.08. The second kappa shape index (κ2) is 9.42. The fourth-order valence-electron chi connectivity index (χ4n) is 3.93. The smallest absolute Gasteiger partial charge is 0.252 e. The first-order valence-corrected chi connectivity index (χ1v) is 11.0. The first-order valence-electron chi connectivity index (χ1n) is 11.0. The van der Waals surface area contributed by atoms with Crippen LogP contribution in [0.2, 0.25) is 0 Å². The molecule has 0 atom stereocenters. The van der Waals surface area contributed by atoms with E-state index in [9.17, 15) is 9.18 Å². The Labute approximate surface area is 196 Å². The minimum Gasteiger partial charge on any atom is -0.352 e. The van der Waals surface area contributed by atoms with Gasteiger partial charge in [0, 0.05) is 23.7 Å². The summed E-state index contributed by atoms with van der Waals surface area (Å²) in [7, 11) is 0. The molecule has 5 rings (SSSR count). The molecule has 2 aromatic carbocycles. The number of hydrogen-bond donors (Lipinski definition) is 4. The van der Waals surface area contributed by atoms with Crippen molar-refractivity contribution >= 4 is 28.3 Å². The molecule has 0 fully saturated rings. The maximum Gasteiger partial charge on any atom is 0.252 e. The van der Waals surface area contributed by atoms with Crippen LogP contribution in [0, 0.1) is 5.82 Å². The predicted octanol–water partition coefficient (Wildman–Crippen LogP) is 3.68. The molecule has 8 nitrogen and oxygen atoms in total. The molecule has 0 saturated carbocycles. The van der Waals surface area contributed by atoms with Crippen LogP contribution in [0.3, 0.4) is 0 Å². The number of anilines is 2. The van der Waals surface area contributed by atoms with E-state index in [0.29, 0.717) is 37.6 Å². The molecular weight excluding hydrogens is 433 g/mol. The van der Waals surface area contributed by atoms with Gasteiger partial charge in [-0.15, -0.1) is 5.12 Å². The largest absolute Gasteiger partial charge is 0.352 e. The third-order valence-corrected chi connectivity index (χ3v) is 5.58. The van der Waals surface area contributed by atoms with Gasteiger partial charge in [0.1, 0.15) is 5.82 Å². The van der Waals surface area contributed by atoms with Crippen molar-refractivity contribution in [1.29, 1.82) is 0 Å². The Morgan fingerprint density at radius 2 is 2.00 bits per heavy atom. The van der Waals surface area contributed by atoms with Gasteiger partial charge in [0.15, 0.2) is 5.82 Å². The zero-order valence-corrected chi connectivity index (χ0v) is 18.4. The van der Waals surface area contributed by atoms with E-state index in [4.69, 9.17) is 5.73 Å². The van der Waals surface area contributed by atoms with Crippen molar-refractivity contribution in [3.05, 3.63) is 83.8 Å². The van der Waals surface area contributed by atoms with Gasteiger partial charge in [-0.1, -0.05) is 18.2 Å². The molecule has 0 radical (unpaired) electrons. The van der Waals surface area contributed by atoms with Crippen molar-refractivity contribution in [2.75, 3.05) is 23.9 Å². The summed E-state index contributed by atoms with van der Waals surface area (Å²) in [5.74, 6) is -0.312. The lowest BCUT2D eigenvalue weighted by molar-refractivity contribution is 0.0953. The van der Waals surface area contributed by atoms with E-state index < -0.39 is 5.82 Å². The lowest BCUT2D eigenvalue weighted by Crippen LogP contribution is -2.29. The summed E-state index contributed by atoms with van der Waals surface area (Å²) in [6.45, 7) is 1.45. The van der Waals surface area contributed by atoms with Crippen LogP contribution in [0.15, 0.2) is 66.9 Å². The van der Waals surface area contributed by atoms with Crippen LogP contribution in [0.25, 0.3) is 22.2 Å². The van der Waals surface area contributed by atoms with Gasteiger partial charge in [0.25, 0.3) is 5.91 Å². The number of benzene rings is 2. The number of nitrogens with one attached hydrogen (secondary N) is 3. The van der Waals surface area contributed by atoms with Crippen molar-refractivity contribution < 1.29 is 9.18 Å². The Bertz CT molecular complexity index is 1360. The van der Waals surface area contributed by atoms with Gasteiger partial charge < -0.3 is 11.1 Å².